The number of carbonyl (C=O) groups excluding carboxylic acids is 1. The molecule has 4 heteroatoms. The van der Waals surface area contributed by atoms with Crippen LogP contribution in [0, 0.1) is 5.92 Å². The molecule has 0 spiro atoms. The maximum absolute atomic E-state index is 10.5. The van der Waals surface area contributed by atoms with E-state index in [2.05, 4.69) is 6.92 Å². The second kappa shape index (κ2) is 36.6. The summed E-state index contributed by atoms with van der Waals surface area (Å²) in [6.07, 6.45) is 44.4. The van der Waals surface area contributed by atoms with Gasteiger partial charge in [0.15, 0.2) is 0 Å². The molecule has 0 saturated heterocycles. The molecule has 0 saturated carbocycles. The van der Waals surface area contributed by atoms with Gasteiger partial charge in [-0.25, -0.2) is 0 Å². The SMILES string of the molecule is CC(CCCCCCCCCCCCCCCCCC=O)CCCCCCCC(O)CCCCCCCCCCCC(=O)O. The molecule has 0 aliphatic carbocycles. The van der Waals surface area contributed by atoms with Crippen molar-refractivity contribution in [1.82, 2.24) is 0 Å². The molecule has 0 bridgehead atoms. The summed E-state index contributed by atoms with van der Waals surface area (Å²) < 4.78 is 0. The number of aliphatic carboxylic acids is 1. The molecule has 2 atom stereocenters. The van der Waals surface area contributed by atoms with E-state index in [4.69, 9.17) is 5.11 Å². The predicted molar refractivity (Wildman–Crippen MR) is 190 cm³/mol. The zero-order valence-corrected chi connectivity index (χ0v) is 29.7. The molecule has 0 rings (SSSR count). The van der Waals surface area contributed by atoms with Crippen LogP contribution in [0.3, 0.4) is 0 Å². The van der Waals surface area contributed by atoms with Crippen LogP contribution in [-0.4, -0.2) is 28.6 Å². The summed E-state index contributed by atoms with van der Waals surface area (Å²) in [5, 5.41) is 18.9. The number of unbranched alkanes of at least 4 members (excludes halogenated alkanes) is 27. The normalized spacial score (nSPS) is 12.9. The highest BCUT2D eigenvalue weighted by Gasteiger charge is 2.05. The minimum atomic E-state index is -0.672. The molecule has 0 radical (unpaired) electrons. The van der Waals surface area contributed by atoms with Gasteiger partial charge in [-0.3, -0.25) is 4.79 Å². The van der Waals surface area contributed by atoms with Gasteiger partial charge in [-0.15, -0.1) is 0 Å². The standard InChI is InChI=1S/C40H78O4/c1-38(32-26-20-15-11-8-6-4-2-3-5-7-9-14-18-25-31-37-41)33-27-21-19-23-29-35-39(42)34-28-22-16-12-10-13-17-24-30-36-40(43)44/h37-39,42H,2-36H2,1H3,(H,43,44). The molecule has 0 aromatic rings. The number of carboxylic acids is 1. The maximum Gasteiger partial charge on any atom is 0.303 e. The summed E-state index contributed by atoms with van der Waals surface area (Å²) in [5.74, 6) is 0.214. The Hall–Kier alpha value is -0.900. The highest BCUT2D eigenvalue weighted by Crippen LogP contribution is 2.20. The van der Waals surface area contributed by atoms with Crippen molar-refractivity contribution < 1.29 is 19.8 Å². The lowest BCUT2D eigenvalue weighted by atomic mass is 9.95. The van der Waals surface area contributed by atoms with Gasteiger partial charge in [-0.2, -0.15) is 0 Å². The van der Waals surface area contributed by atoms with Crippen molar-refractivity contribution in [2.45, 2.75) is 238 Å². The Balaban J connectivity index is 3.25. The van der Waals surface area contributed by atoms with Gasteiger partial charge in [-0.05, 0) is 31.6 Å². The van der Waals surface area contributed by atoms with Crippen molar-refractivity contribution in [1.29, 1.82) is 0 Å². The number of carboxylic acid groups (broad SMARTS) is 1. The molecule has 44 heavy (non-hydrogen) atoms. The first kappa shape index (κ1) is 43.1. The molecule has 0 aromatic heterocycles. The Morgan fingerprint density at radius 1 is 0.455 bits per heavy atom. The highest BCUT2D eigenvalue weighted by molar-refractivity contribution is 5.66. The van der Waals surface area contributed by atoms with Crippen LogP contribution in [0.1, 0.15) is 232 Å². The molecule has 2 unspecified atom stereocenters. The van der Waals surface area contributed by atoms with Gasteiger partial charge in [0.25, 0.3) is 0 Å². The Morgan fingerprint density at radius 3 is 1.05 bits per heavy atom. The van der Waals surface area contributed by atoms with Crippen molar-refractivity contribution in [3.05, 3.63) is 0 Å². The van der Waals surface area contributed by atoms with E-state index in [1.54, 1.807) is 0 Å². The lowest BCUT2D eigenvalue weighted by molar-refractivity contribution is -0.137. The Labute approximate surface area is 275 Å². The maximum atomic E-state index is 10.5. The second-order valence-electron chi connectivity index (χ2n) is 14.3. The third-order valence-corrected chi connectivity index (χ3v) is 9.68. The van der Waals surface area contributed by atoms with Crippen LogP contribution in [0.25, 0.3) is 0 Å². The predicted octanol–water partition coefficient (Wildman–Crippen LogP) is 12.9. The number of rotatable bonds is 38. The molecule has 0 aromatic carbocycles. The van der Waals surface area contributed by atoms with Gasteiger partial charge in [0.1, 0.15) is 6.29 Å². The zero-order valence-electron chi connectivity index (χ0n) is 29.7. The Kier molecular flexibility index (Phi) is 35.8. The summed E-state index contributed by atoms with van der Waals surface area (Å²) in [6.45, 7) is 2.45. The summed E-state index contributed by atoms with van der Waals surface area (Å²) in [7, 11) is 0. The fourth-order valence-electron chi connectivity index (χ4n) is 6.60. The smallest absolute Gasteiger partial charge is 0.303 e. The van der Waals surface area contributed by atoms with E-state index in [0.29, 0.717) is 6.42 Å². The van der Waals surface area contributed by atoms with E-state index in [9.17, 15) is 14.7 Å². The van der Waals surface area contributed by atoms with E-state index in [1.165, 1.54) is 173 Å². The molecule has 0 aliphatic heterocycles. The molecule has 0 heterocycles. The largest absolute Gasteiger partial charge is 0.481 e. The molecule has 0 aliphatic rings. The minimum Gasteiger partial charge on any atom is -0.481 e. The van der Waals surface area contributed by atoms with Crippen molar-refractivity contribution in [3.8, 4) is 0 Å². The van der Waals surface area contributed by atoms with E-state index in [-0.39, 0.29) is 6.10 Å². The van der Waals surface area contributed by atoms with Crippen molar-refractivity contribution in [2.24, 2.45) is 5.92 Å². The van der Waals surface area contributed by atoms with Crippen molar-refractivity contribution in [2.75, 3.05) is 0 Å². The lowest BCUT2D eigenvalue weighted by Crippen LogP contribution is -2.05. The molecular weight excluding hydrogens is 544 g/mol. The average Bonchev–Trinajstić information content (AvgIpc) is 3.00. The van der Waals surface area contributed by atoms with Crippen LogP contribution in [0.4, 0.5) is 0 Å². The van der Waals surface area contributed by atoms with Crippen LogP contribution in [0.15, 0.2) is 0 Å². The van der Waals surface area contributed by atoms with Gasteiger partial charge >= 0.3 is 5.97 Å². The molecular formula is C40H78O4. The topological polar surface area (TPSA) is 74.6 Å². The number of aliphatic hydroxyl groups is 1. The molecule has 2 N–H and O–H groups in total. The number of aliphatic hydroxyl groups excluding tert-OH is 1. The van der Waals surface area contributed by atoms with E-state index < -0.39 is 5.97 Å². The number of hydrogen-bond acceptors (Lipinski definition) is 3. The van der Waals surface area contributed by atoms with Crippen molar-refractivity contribution in [3.63, 3.8) is 0 Å². The summed E-state index contributed by atoms with van der Waals surface area (Å²) >= 11 is 0. The minimum absolute atomic E-state index is 0.0961. The number of carbonyl (C=O) groups is 2. The first-order valence-electron chi connectivity index (χ1n) is 19.9. The van der Waals surface area contributed by atoms with Crippen LogP contribution in [0.2, 0.25) is 0 Å². The summed E-state index contributed by atoms with van der Waals surface area (Å²) in [4.78, 5) is 20.8. The second-order valence-corrected chi connectivity index (χ2v) is 14.3. The molecule has 262 valence electrons. The Bertz CT molecular complexity index is 578. The van der Waals surface area contributed by atoms with Crippen LogP contribution in [-0.2, 0) is 9.59 Å². The zero-order chi connectivity index (χ0) is 32.2. The highest BCUT2D eigenvalue weighted by atomic mass is 16.4. The van der Waals surface area contributed by atoms with Crippen LogP contribution in [0.5, 0.6) is 0 Å². The number of aldehydes is 1. The molecule has 4 nitrogen and oxygen atoms in total. The molecule has 0 amide bonds. The third kappa shape index (κ3) is 37.3. The van der Waals surface area contributed by atoms with Crippen LogP contribution < -0.4 is 0 Å². The molecule has 0 fully saturated rings. The quantitative estimate of drug-likeness (QED) is 0.0530. The van der Waals surface area contributed by atoms with Gasteiger partial charge in [-0.1, -0.05) is 193 Å². The van der Waals surface area contributed by atoms with Gasteiger partial charge in [0, 0.05) is 12.8 Å². The summed E-state index contributed by atoms with van der Waals surface area (Å²) in [6, 6.07) is 0. The number of hydrogen-bond donors (Lipinski definition) is 2. The van der Waals surface area contributed by atoms with Crippen LogP contribution >= 0.6 is 0 Å². The lowest BCUT2D eigenvalue weighted by Gasteiger charge is -2.12. The fraction of sp³-hybridized carbons (Fsp3) is 0.950. The fourth-order valence-corrected chi connectivity index (χ4v) is 6.60. The first-order chi connectivity index (χ1) is 21.6. The first-order valence-corrected chi connectivity index (χ1v) is 19.9. The van der Waals surface area contributed by atoms with Gasteiger partial charge in [0.2, 0.25) is 0 Å². The van der Waals surface area contributed by atoms with Gasteiger partial charge < -0.3 is 15.0 Å². The monoisotopic (exact) mass is 623 g/mol. The van der Waals surface area contributed by atoms with E-state index in [1.807, 2.05) is 0 Å². The summed E-state index contributed by atoms with van der Waals surface area (Å²) in [5.41, 5.74) is 0. The Morgan fingerprint density at radius 2 is 0.727 bits per heavy atom. The van der Waals surface area contributed by atoms with Gasteiger partial charge in [0.05, 0.1) is 6.10 Å². The van der Waals surface area contributed by atoms with E-state index in [0.717, 1.165) is 57.1 Å². The average molecular weight is 623 g/mol. The van der Waals surface area contributed by atoms with Crippen molar-refractivity contribution >= 4 is 12.3 Å². The van der Waals surface area contributed by atoms with E-state index >= 15 is 0 Å². The third-order valence-electron chi connectivity index (χ3n) is 9.68.